The summed E-state index contributed by atoms with van der Waals surface area (Å²) in [6.07, 6.45) is 6.88. The predicted octanol–water partition coefficient (Wildman–Crippen LogP) is 1.49. The molecule has 6 N–H and O–H groups in total. The zero-order valence-electron chi connectivity index (χ0n) is 22.7. The van der Waals surface area contributed by atoms with Crippen LogP contribution in [0.4, 0.5) is 4.39 Å². The van der Waals surface area contributed by atoms with E-state index in [-0.39, 0.29) is 28.7 Å². The summed E-state index contributed by atoms with van der Waals surface area (Å²) in [7, 11) is 0. The van der Waals surface area contributed by atoms with Crippen LogP contribution in [0.2, 0.25) is 0 Å². The van der Waals surface area contributed by atoms with Crippen LogP contribution in [-0.2, 0) is 9.59 Å². The number of aliphatic imine (C=N–C) groups is 1. The highest BCUT2D eigenvalue weighted by molar-refractivity contribution is 5.82. The second-order valence-electron chi connectivity index (χ2n) is 12.2. The van der Waals surface area contributed by atoms with E-state index in [4.69, 9.17) is 11.5 Å². The first-order valence-electron chi connectivity index (χ1n) is 14.0. The SMILES string of the molecule is CCC1(C)CCC(F)C=NC(C(C(=O)NC2=CNCCC2N2CCC3(CC2)CN(C(C)=O)C3)C(N)N)C1. The second-order valence-corrected chi connectivity index (χ2v) is 12.2. The number of nitrogens with zero attached hydrogens (tertiary/aromatic N) is 3. The van der Waals surface area contributed by atoms with Crippen molar-refractivity contribution in [2.24, 2.45) is 33.2 Å². The Morgan fingerprint density at radius 2 is 1.95 bits per heavy atom. The lowest BCUT2D eigenvalue weighted by molar-refractivity contribution is -0.144. The number of carbonyl (C=O) groups excluding carboxylic acids is 2. The van der Waals surface area contributed by atoms with E-state index in [1.165, 1.54) is 6.21 Å². The predicted molar refractivity (Wildman–Crippen MR) is 143 cm³/mol. The highest BCUT2D eigenvalue weighted by atomic mass is 19.1. The van der Waals surface area contributed by atoms with Gasteiger partial charge in [0.05, 0.1) is 29.9 Å². The van der Waals surface area contributed by atoms with Crippen molar-refractivity contribution < 1.29 is 14.0 Å². The third kappa shape index (κ3) is 6.34. The van der Waals surface area contributed by atoms with E-state index < -0.39 is 24.3 Å². The summed E-state index contributed by atoms with van der Waals surface area (Å²) >= 11 is 0. The molecule has 0 radical (unpaired) electrons. The molecule has 0 aromatic rings. The lowest BCUT2D eigenvalue weighted by Gasteiger charge is -2.55. The maximum absolute atomic E-state index is 14.4. The molecule has 1 spiro atoms. The number of nitrogens with two attached hydrogens (primary N) is 2. The molecule has 37 heavy (non-hydrogen) atoms. The molecule has 0 aromatic carbocycles. The van der Waals surface area contributed by atoms with Gasteiger partial charge in [0.2, 0.25) is 11.8 Å². The number of amides is 2. The van der Waals surface area contributed by atoms with Gasteiger partial charge in [-0.05, 0) is 57.0 Å². The van der Waals surface area contributed by atoms with Gasteiger partial charge < -0.3 is 27.0 Å². The van der Waals surface area contributed by atoms with Crippen LogP contribution in [0.3, 0.4) is 0 Å². The quantitative estimate of drug-likeness (QED) is 0.394. The molecule has 208 valence electrons. The van der Waals surface area contributed by atoms with Crippen LogP contribution < -0.4 is 22.1 Å². The van der Waals surface area contributed by atoms with Crippen LogP contribution in [0, 0.1) is 16.7 Å². The smallest absolute Gasteiger partial charge is 0.232 e. The topological polar surface area (TPSA) is 129 Å². The number of nitrogens with one attached hydrogen (secondary N) is 2. The third-order valence-electron chi connectivity index (χ3n) is 9.39. The molecule has 4 aliphatic heterocycles. The summed E-state index contributed by atoms with van der Waals surface area (Å²) < 4.78 is 14.4. The van der Waals surface area contributed by atoms with Crippen molar-refractivity contribution in [1.82, 2.24) is 20.4 Å². The highest BCUT2D eigenvalue weighted by Crippen LogP contribution is 2.41. The Kier molecular flexibility index (Phi) is 8.60. The van der Waals surface area contributed by atoms with Crippen LogP contribution >= 0.6 is 0 Å². The monoisotopic (exact) mass is 519 g/mol. The minimum atomic E-state index is -1.12. The van der Waals surface area contributed by atoms with Gasteiger partial charge in [0.25, 0.3) is 0 Å². The molecule has 4 heterocycles. The first-order valence-corrected chi connectivity index (χ1v) is 14.0. The molecule has 2 saturated heterocycles. The lowest BCUT2D eigenvalue weighted by atomic mass is 9.71. The number of rotatable bonds is 6. The molecule has 9 nitrogen and oxygen atoms in total. The van der Waals surface area contributed by atoms with E-state index in [9.17, 15) is 14.0 Å². The molecule has 0 bridgehead atoms. The van der Waals surface area contributed by atoms with Gasteiger partial charge in [-0.2, -0.15) is 0 Å². The Morgan fingerprint density at radius 1 is 1.24 bits per heavy atom. The molecule has 5 atom stereocenters. The van der Waals surface area contributed by atoms with E-state index in [0.717, 1.165) is 70.5 Å². The first-order chi connectivity index (χ1) is 17.5. The van der Waals surface area contributed by atoms with Gasteiger partial charge in [-0.1, -0.05) is 20.3 Å². The number of carbonyl (C=O) groups is 2. The Labute approximate surface area is 220 Å². The van der Waals surface area contributed by atoms with E-state index >= 15 is 0 Å². The summed E-state index contributed by atoms with van der Waals surface area (Å²) in [5, 5.41) is 6.42. The molecule has 4 aliphatic rings. The molecule has 0 aliphatic carbocycles. The Balaban J connectivity index is 1.43. The van der Waals surface area contributed by atoms with E-state index in [0.29, 0.717) is 12.8 Å². The maximum Gasteiger partial charge on any atom is 0.232 e. The van der Waals surface area contributed by atoms with Gasteiger partial charge in [-0.3, -0.25) is 19.5 Å². The highest BCUT2D eigenvalue weighted by Gasteiger charge is 2.47. The van der Waals surface area contributed by atoms with E-state index in [2.05, 4.69) is 34.4 Å². The molecule has 5 unspecified atom stereocenters. The van der Waals surface area contributed by atoms with Crippen molar-refractivity contribution in [2.45, 2.75) is 90.1 Å². The standard InChI is InChI=1S/C27H46FN7O2/c1-4-26(3)7-5-19(28)14-32-20(13-26)23(24(29)30)25(37)33-21-15-31-10-6-22(21)34-11-8-27(9-12-34)16-35(17-27)18(2)36/h14-15,19-20,22-24,31H,4-13,16-17,29-30H2,1-3H3,(H,33,37). The van der Waals surface area contributed by atoms with Gasteiger partial charge in [0.15, 0.2) is 0 Å². The van der Waals surface area contributed by atoms with Crippen molar-refractivity contribution in [1.29, 1.82) is 0 Å². The molecular formula is C27H46FN7O2. The number of piperidine rings is 1. The normalized spacial score (nSPS) is 33.1. The number of halogens is 1. The van der Waals surface area contributed by atoms with Crippen molar-refractivity contribution in [3.63, 3.8) is 0 Å². The third-order valence-corrected chi connectivity index (χ3v) is 9.39. The number of hydrogen-bond acceptors (Lipinski definition) is 7. The van der Waals surface area contributed by atoms with Crippen molar-refractivity contribution in [3.8, 4) is 0 Å². The molecule has 0 aromatic heterocycles. The summed E-state index contributed by atoms with van der Waals surface area (Å²) in [5.74, 6) is -0.855. The van der Waals surface area contributed by atoms with Crippen LogP contribution in [0.25, 0.3) is 0 Å². The summed E-state index contributed by atoms with van der Waals surface area (Å²) in [4.78, 5) is 34.2. The molecule has 2 amide bonds. The molecular weight excluding hydrogens is 473 g/mol. The van der Waals surface area contributed by atoms with E-state index in [1.54, 1.807) is 6.92 Å². The van der Waals surface area contributed by atoms with E-state index in [1.807, 2.05) is 11.1 Å². The number of likely N-dealkylation sites (tertiary alicyclic amines) is 2. The van der Waals surface area contributed by atoms with Crippen LogP contribution in [0.1, 0.15) is 65.7 Å². The average Bonchev–Trinajstić information content (AvgIpc) is 2.84. The van der Waals surface area contributed by atoms with Gasteiger partial charge >= 0.3 is 0 Å². The maximum atomic E-state index is 14.4. The van der Waals surface area contributed by atoms with Gasteiger partial charge in [-0.25, -0.2) is 4.39 Å². The fourth-order valence-corrected chi connectivity index (χ4v) is 6.56. The van der Waals surface area contributed by atoms with Crippen molar-refractivity contribution in [3.05, 3.63) is 11.9 Å². The Hall–Kier alpha value is -2.04. The van der Waals surface area contributed by atoms with Gasteiger partial charge in [0.1, 0.15) is 6.17 Å². The molecule has 0 saturated carbocycles. The fraction of sp³-hybridized carbons (Fsp3) is 0.815. The Bertz CT molecular complexity index is 893. The van der Waals surface area contributed by atoms with Crippen LogP contribution in [0.15, 0.2) is 16.9 Å². The zero-order valence-corrected chi connectivity index (χ0v) is 22.7. The summed E-state index contributed by atoms with van der Waals surface area (Å²) in [6, 6.07) is -0.380. The minimum absolute atomic E-state index is 0.0955. The minimum Gasteiger partial charge on any atom is -0.389 e. The zero-order chi connectivity index (χ0) is 26.8. The Morgan fingerprint density at radius 3 is 2.57 bits per heavy atom. The van der Waals surface area contributed by atoms with Crippen LogP contribution in [0.5, 0.6) is 0 Å². The largest absolute Gasteiger partial charge is 0.389 e. The molecule has 2 fully saturated rings. The summed E-state index contributed by atoms with van der Waals surface area (Å²) in [6.45, 7) is 10.3. The lowest BCUT2D eigenvalue weighted by Crippen LogP contribution is -2.62. The van der Waals surface area contributed by atoms with Gasteiger partial charge in [-0.15, -0.1) is 0 Å². The second kappa shape index (κ2) is 11.4. The van der Waals surface area contributed by atoms with Crippen molar-refractivity contribution >= 4 is 18.0 Å². The number of hydrogen-bond donors (Lipinski definition) is 4. The van der Waals surface area contributed by atoms with Crippen molar-refractivity contribution in [2.75, 3.05) is 32.7 Å². The average molecular weight is 520 g/mol. The summed E-state index contributed by atoms with van der Waals surface area (Å²) in [5.41, 5.74) is 13.3. The first kappa shape index (κ1) is 28.0. The molecule has 4 rings (SSSR count). The van der Waals surface area contributed by atoms with Gasteiger partial charge in [0, 0.05) is 44.4 Å². The van der Waals surface area contributed by atoms with Crippen LogP contribution in [-0.4, -0.2) is 85.0 Å². The molecule has 10 heteroatoms. The number of alkyl halides is 1. The fourth-order valence-electron chi connectivity index (χ4n) is 6.56.